The number of hydrogen-bond donors (Lipinski definition) is 1. The third-order valence-corrected chi connectivity index (χ3v) is 4.14. The second-order valence-electron chi connectivity index (χ2n) is 5.59. The van der Waals surface area contributed by atoms with Crippen LogP contribution in [0.3, 0.4) is 0 Å². The van der Waals surface area contributed by atoms with Crippen LogP contribution in [0.4, 0.5) is 11.4 Å². The van der Waals surface area contributed by atoms with E-state index in [2.05, 4.69) is 5.32 Å². The Morgan fingerprint density at radius 1 is 1.21 bits per heavy atom. The van der Waals surface area contributed by atoms with Crippen molar-refractivity contribution in [2.45, 2.75) is 12.8 Å². The van der Waals surface area contributed by atoms with Gasteiger partial charge < -0.3 is 15.0 Å². The first-order valence-corrected chi connectivity index (χ1v) is 7.98. The van der Waals surface area contributed by atoms with E-state index in [0.717, 1.165) is 11.3 Å². The van der Waals surface area contributed by atoms with Gasteiger partial charge in [0.1, 0.15) is 5.75 Å². The fourth-order valence-electron chi connectivity index (χ4n) is 2.61. The molecule has 2 amide bonds. The van der Waals surface area contributed by atoms with Crippen molar-refractivity contribution in [3.63, 3.8) is 0 Å². The van der Waals surface area contributed by atoms with Crippen LogP contribution in [-0.2, 0) is 16.0 Å². The summed E-state index contributed by atoms with van der Waals surface area (Å²) in [7, 11) is 1.76. The van der Waals surface area contributed by atoms with Crippen molar-refractivity contribution in [3.8, 4) is 5.75 Å². The third kappa shape index (κ3) is 3.68. The summed E-state index contributed by atoms with van der Waals surface area (Å²) in [5, 5.41) is 3.42. The first kappa shape index (κ1) is 16.3. The van der Waals surface area contributed by atoms with Crippen LogP contribution in [-0.4, -0.2) is 25.5 Å². The summed E-state index contributed by atoms with van der Waals surface area (Å²) in [4.78, 5) is 25.3. The van der Waals surface area contributed by atoms with E-state index in [1.54, 1.807) is 42.3 Å². The van der Waals surface area contributed by atoms with Gasteiger partial charge in [-0.25, -0.2) is 0 Å². The van der Waals surface area contributed by atoms with Crippen molar-refractivity contribution in [1.29, 1.82) is 0 Å². The molecule has 0 aliphatic carbocycles. The molecule has 1 aliphatic heterocycles. The molecule has 0 bridgehead atoms. The fraction of sp³-hybridized carbons (Fsp3) is 0.222. The number of amides is 2. The molecule has 3 rings (SSSR count). The number of fused-ring (bicyclic) bond motifs is 1. The molecule has 2 aromatic carbocycles. The topological polar surface area (TPSA) is 58.6 Å². The normalized spacial score (nSPS) is 13.4. The van der Waals surface area contributed by atoms with Crippen LogP contribution in [0.25, 0.3) is 0 Å². The Balaban J connectivity index is 1.60. The predicted molar refractivity (Wildman–Crippen MR) is 93.7 cm³/mol. The van der Waals surface area contributed by atoms with Crippen molar-refractivity contribution in [3.05, 3.63) is 53.1 Å². The second-order valence-corrected chi connectivity index (χ2v) is 6.02. The lowest BCUT2D eigenvalue weighted by Gasteiger charge is -2.26. The van der Waals surface area contributed by atoms with E-state index in [1.807, 2.05) is 12.1 Å². The smallest absolute Gasteiger partial charge is 0.262 e. The van der Waals surface area contributed by atoms with Gasteiger partial charge in [0.05, 0.1) is 0 Å². The molecule has 5 nitrogen and oxygen atoms in total. The summed E-state index contributed by atoms with van der Waals surface area (Å²) in [6, 6.07) is 12.4. The van der Waals surface area contributed by atoms with Gasteiger partial charge in [-0.15, -0.1) is 0 Å². The number of ether oxygens (including phenoxy) is 1. The molecule has 0 aromatic heterocycles. The SMILES string of the molecule is CN1C(=O)CCc2cc(NC(=O)COc3ccc(Cl)cc3)ccc21. The maximum absolute atomic E-state index is 12.0. The van der Waals surface area contributed by atoms with Crippen LogP contribution in [0.2, 0.25) is 5.02 Å². The second kappa shape index (κ2) is 6.93. The number of nitrogens with zero attached hydrogens (tertiary/aromatic N) is 1. The number of carbonyl (C=O) groups is 2. The van der Waals surface area contributed by atoms with Crippen molar-refractivity contribution in [2.24, 2.45) is 0 Å². The summed E-state index contributed by atoms with van der Waals surface area (Å²) in [5.41, 5.74) is 2.64. The van der Waals surface area contributed by atoms with Gasteiger partial charge in [-0.05, 0) is 54.4 Å². The van der Waals surface area contributed by atoms with Gasteiger partial charge in [0.15, 0.2) is 6.61 Å². The zero-order chi connectivity index (χ0) is 17.1. The van der Waals surface area contributed by atoms with Crippen molar-refractivity contribution >= 4 is 34.8 Å². The monoisotopic (exact) mass is 344 g/mol. The summed E-state index contributed by atoms with van der Waals surface area (Å²) in [6.45, 7) is -0.0862. The van der Waals surface area contributed by atoms with Gasteiger partial charge in [0, 0.05) is 29.9 Å². The minimum atomic E-state index is -0.245. The van der Waals surface area contributed by atoms with Crippen LogP contribution in [0.5, 0.6) is 5.75 Å². The van der Waals surface area contributed by atoms with Gasteiger partial charge in [-0.1, -0.05) is 11.6 Å². The molecule has 0 radical (unpaired) electrons. The van der Waals surface area contributed by atoms with E-state index >= 15 is 0 Å². The highest BCUT2D eigenvalue weighted by Gasteiger charge is 2.21. The minimum absolute atomic E-state index is 0.0862. The molecule has 24 heavy (non-hydrogen) atoms. The lowest BCUT2D eigenvalue weighted by molar-refractivity contribution is -0.119. The zero-order valence-electron chi connectivity index (χ0n) is 13.2. The largest absolute Gasteiger partial charge is 0.484 e. The van der Waals surface area contributed by atoms with Gasteiger partial charge in [-0.3, -0.25) is 9.59 Å². The number of halogens is 1. The van der Waals surface area contributed by atoms with Crippen molar-refractivity contribution in [1.82, 2.24) is 0 Å². The minimum Gasteiger partial charge on any atom is -0.484 e. The first-order chi connectivity index (χ1) is 11.5. The summed E-state index contributed by atoms with van der Waals surface area (Å²) < 4.78 is 5.42. The number of nitrogens with one attached hydrogen (secondary N) is 1. The van der Waals surface area contributed by atoms with Gasteiger partial charge in [-0.2, -0.15) is 0 Å². The highest BCUT2D eigenvalue weighted by atomic mass is 35.5. The number of rotatable bonds is 4. The quantitative estimate of drug-likeness (QED) is 0.926. The fourth-order valence-corrected chi connectivity index (χ4v) is 2.74. The lowest BCUT2D eigenvalue weighted by Crippen LogP contribution is -2.31. The Kier molecular flexibility index (Phi) is 4.71. The number of aryl methyl sites for hydroxylation is 1. The summed E-state index contributed by atoms with van der Waals surface area (Å²) in [5.74, 6) is 0.445. The van der Waals surface area contributed by atoms with Gasteiger partial charge in [0.2, 0.25) is 5.91 Å². The molecule has 0 atom stereocenters. The molecule has 0 saturated heterocycles. The standard InChI is InChI=1S/C18H17ClN2O3/c1-21-16-8-5-14(10-12(16)2-9-18(21)23)20-17(22)11-24-15-6-3-13(19)4-7-15/h3-8,10H,2,9,11H2,1H3,(H,20,22). The molecule has 0 unspecified atom stereocenters. The maximum atomic E-state index is 12.0. The molecule has 0 spiro atoms. The van der Waals surface area contributed by atoms with Crippen LogP contribution in [0.1, 0.15) is 12.0 Å². The molecule has 1 N–H and O–H groups in total. The number of carbonyl (C=O) groups excluding carboxylic acids is 2. The Bertz CT molecular complexity index is 774. The number of benzene rings is 2. The molecule has 2 aromatic rings. The molecule has 1 heterocycles. The summed E-state index contributed by atoms with van der Waals surface area (Å²) in [6.07, 6.45) is 1.17. The molecule has 6 heteroatoms. The maximum Gasteiger partial charge on any atom is 0.262 e. The molecular weight excluding hydrogens is 328 g/mol. The molecule has 0 fully saturated rings. The average Bonchev–Trinajstić information content (AvgIpc) is 2.58. The van der Waals surface area contributed by atoms with Crippen LogP contribution in [0, 0.1) is 0 Å². The van der Waals surface area contributed by atoms with Gasteiger partial charge >= 0.3 is 0 Å². The van der Waals surface area contributed by atoms with Crippen LogP contribution < -0.4 is 15.0 Å². The summed E-state index contributed by atoms with van der Waals surface area (Å²) >= 11 is 5.80. The number of anilines is 2. The highest BCUT2D eigenvalue weighted by molar-refractivity contribution is 6.30. The van der Waals surface area contributed by atoms with E-state index in [9.17, 15) is 9.59 Å². The molecular formula is C18H17ClN2O3. The van der Waals surface area contributed by atoms with E-state index in [1.165, 1.54) is 0 Å². The first-order valence-electron chi connectivity index (χ1n) is 7.60. The van der Waals surface area contributed by atoms with Crippen LogP contribution >= 0.6 is 11.6 Å². The van der Waals surface area contributed by atoms with E-state index < -0.39 is 0 Å². The average molecular weight is 345 g/mol. The Morgan fingerprint density at radius 3 is 2.71 bits per heavy atom. The Hall–Kier alpha value is -2.53. The van der Waals surface area contributed by atoms with E-state index in [-0.39, 0.29) is 18.4 Å². The van der Waals surface area contributed by atoms with Crippen LogP contribution in [0.15, 0.2) is 42.5 Å². The molecule has 0 saturated carbocycles. The zero-order valence-corrected chi connectivity index (χ0v) is 14.0. The highest BCUT2D eigenvalue weighted by Crippen LogP contribution is 2.29. The predicted octanol–water partition coefficient (Wildman–Crippen LogP) is 3.27. The molecule has 1 aliphatic rings. The Labute approximate surface area is 145 Å². The Morgan fingerprint density at radius 2 is 1.96 bits per heavy atom. The van der Waals surface area contributed by atoms with Crippen molar-refractivity contribution < 1.29 is 14.3 Å². The van der Waals surface area contributed by atoms with E-state index in [0.29, 0.717) is 29.3 Å². The molecule has 124 valence electrons. The number of hydrogen-bond acceptors (Lipinski definition) is 3. The van der Waals surface area contributed by atoms with E-state index in [4.69, 9.17) is 16.3 Å². The van der Waals surface area contributed by atoms with Gasteiger partial charge in [0.25, 0.3) is 5.91 Å². The lowest BCUT2D eigenvalue weighted by atomic mass is 10.0. The third-order valence-electron chi connectivity index (χ3n) is 3.89. The van der Waals surface area contributed by atoms with Crippen molar-refractivity contribution in [2.75, 3.05) is 23.9 Å².